The molecule has 1 aliphatic carbocycles. The van der Waals surface area contributed by atoms with E-state index in [1.165, 1.54) is 12.8 Å². The molecule has 0 heterocycles. The van der Waals surface area contributed by atoms with Gasteiger partial charge in [-0.3, -0.25) is 4.90 Å². The van der Waals surface area contributed by atoms with Crippen LogP contribution in [0.25, 0.3) is 0 Å². The molecule has 0 spiro atoms. The number of hydrogen-bond acceptors (Lipinski definition) is 3. The fourth-order valence-corrected chi connectivity index (χ4v) is 3.76. The Morgan fingerprint density at radius 3 is 2.47 bits per heavy atom. The second kappa shape index (κ2) is 8.93. The molecule has 0 radical (unpaired) electrons. The second-order valence-electron chi connectivity index (χ2n) is 6.03. The van der Waals surface area contributed by atoms with Crippen LogP contribution in [0.1, 0.15) is 47.5 Å². The van der Waals surface area contributed by atoms with Gasteiger partial charge in [-0.05, 0) is 44.7 Å². The molecule has 3 nitrogen and oxygen atoms in total. The van der Waals surface area contributed by atoms with Crippen molar-refractivity contribution in [3.05, 3.63) is 0 Å². The van der Waals surface area contributed by atoms with Crippen LogP contribution >= 0.6 is 0 Å². The average Bonchev–Trinajstić information content (AvgIpc) is 2.36. The van der Waals surface area contributed by atoms with Gasteiger partial charge in [0.2, 0.25) is 0 Å². The zero-order chi connectivity index (χ0) is 14.3. The Kier molecular flexibility index (Phi) is 7.96. The van der Waals surface area contributed by atoms with Gasteiger partial charge in [-0.15, -0.1) is 0 Å². The van der Waals surface area contributed by atoms with Gasteiger partial charge in [0.25, 0.3) is 0 Å². The summed E-state index contributed by atoms with van der Waals surface area (Å²) in [4.78, 5) is 2.62. The maximum atomic E-state index is 5.55. The summed E-state index contributed by atoms with van der Waals surface area (Å²) in [5, 5.41) is 3.72. The van der Waals surface area contributed by atoms with Crippen molar-refractivity contribution in [2.45, 2.75) is 59.5 Å². The van der Waals surface area contributed by atoms with Crippen LogP contribution < -0.4 is 5.32 Å². The standard InChI is InChI=1S/C16H34N2O/c1-6-17-15-12-13(4)11-14(5)16(15)18(7-2)9-10-19-8-3/h13-17H,6-12H2,1-5H3. The lowest BCUT2D eigenvalue weighted by Crippen LogP contribution is -2.57. The van der Waals surface area contributed by atoms with E-state index in [0.29, 0.717) is 12.1 Å². The lowest BCUT2D eigenvalue weighted by atomic mass is 9.75. The maximum Gasteiger partial charge on any atom is 0.0593 e. The summed E-state index contributed by atoms with van der Waals surface area (Å²) < 4.78 is 5.55. The molecule has 0 aliphatic heterocycles. The fraction of sp³-hybridized carbons (Fsp3) is 1.00. The van der Waals surface area contributed by atoms with Gasteiger partial charge in [0, 0.05) is 25.2 Å². The van der Waals surface area contributed by atoms with Gasteiger partial charge in [-0.25, -0.2) is 0 Å². The summed E-state index contributed by atoms with van der Waals surface area (Å²) >= 11 is 0. The molecule has 0 aromatic rings. The first-order chi connectivity index (χ1) is 9.13. The molecule has 1 fully saturated rings. The monoisotopic (exact) mass is 270 g/mol. The zero-order valence-electron chi connectivity index (χ0n) is 13.6. The molecule has 19 heavy (non-hydrogen) atoms. The normalized spacial score (nSPS) is 31.9. The molecule has 3 heteroatoms. The summed E-state index contributed by atoms with van der Waals surface area (Å²) in [5.41, 5.74) is 0. The second-order valence-corrected chi connectivity index (χ2v) is 6.03. The fourth-order valence-electron chi connectivity index (χ4n) is 3.76. The number of ether oxygens (including phenoxy) is 1. The van der Waals surface area contributed by atoms with Crippen LogP contribution in [0.4, 0.5) is 0 Å². The molecule has 4 atom stereocenters. The highest BCUT2D eigenvalue weighted by atomic mass is 16.5. The average molecular weight is 270 g/mol. The zero-order valence-corrected chi connectivity index (χ0v) is 13.6. The minimum atomic E-state index is 0.644. The summed E-state index contributed by atoms with van der Waals surface area (Å²) in [5.74, 6) is 1.62. The van der Waals surface area contributed by atoms with Crippen LogP contribution in [0.15, 0.2) is 0 Å². The molecule has 1 aliphatic rings. The van der Waals surface area contributed by atoms with Crippen LogP contribution in [0.2, 0.25) is 0 Å². The van der Waals surface area contributed by atoms with Gasteiger partial charge < -0.3 is 10.1 Å². The molecule has 1 saturated carbocycles. The van der Waals surface area contributed by atoms with E-state index in [0.717, 1.165) is 44.7 Å². The molecule has 4 unspecified atom stereocenters. The first-order valence-corrected chi connectivity index (χ1v) is 8.19. The van der Waals surface area contributed by atoms with Crippen molar-refractivity contribution in [1.82, 2.24) is 10.2 Å². The van der Waals surface area contributed by atoms with Crippen molar-refractivity contribution in [2.24, 2.45) is 11.8 Å². The Balaban J connectivity index is 2.65. The minimum Gasteiger partial charge on any atom is -0.380 e. The number of nitrogens with one attached hydrogen (secondary N) is 1. The predicted molar refractivity (Wildman–Crippen MR) is 82.6 cm³/mol. The van der Waals surface area contributed by atoms with Gasteiger partial charge in [0.05, 0.1) is 6.61 Å². The Labute approximate surface area is 120 Å². The topological polar surface area (TPSA) is 24.5 Å². The summed E-state index contributed by atoms with van der Waals surface area (Å²) in [6.45, 7) is 16.3. The molecule has 0 bridgehead atoms. The van der Waals surface area contributed by atoms with E-state index in [4.69, 9.17) is 4.74 Å². The SMILES string of the molecule is CCNC1CC(C)CC(C)C1N(CC)CCOCC. The van der Waals surface area contributed by atoms with Crippen molar-refractivity contribution in [2.75, 3.05) is 32.8 Å². The minimum absolute atomic E-state index is 0.644. The predicted octanol–water partition coefficient (Wildman–Crippen LogP) is 2.76. The van der Waals surface area contributed by atoms with Crippen molar-refractivity contribution in [3.63, 3.8) is 0 Å². The van der Waals surface area contributed by atoms with Crippen LogP contribution in [-0.2, 0) is 4.74 Å². The Hall–Kier alpha value is -0.120. The van der Waals surface area contributed by atoms with E-state index in [1.807, 2.05) is 0 Å². The number of likely N-dealkylation sites (N-methyl/N-ethyl adjacent to an activating group) is 2. The molecule has 0 aromatic carbocycles. The van der Waals surface area contributed by atoms with E-state index in [9.17, 15) is 0 Å². The van der Waals surface area contributed by atoms with Gasteiger partial charge in [-0.1, -0.05) is 27.7 Å². The molecule has 1 N–H and O–H groups in total. The van der Waals surface area contributed by atoms with Crippen molar-refractivity contribution in [3.8, 4) is 0 Å². The van der Waals surface area contributed by atoms with E-state index < -0.39 is 0 Å². The molecule has 1 rings (SSSR count). The Morgan fingerprint density at radius 2 is 1.89 bits per heavy atom. The van der Waals surface area contributed by atoms with Crippen LogP contribution in [-0.4, -0.2) is 49.8 Å². The van der Waals surface area contributed by atoms with E-state index in [2.05, 4.69) is 44.8 Å². The van der Waals surface area contributed by atoms with Gasteiger partial charge >= 0.3 is 0 Å². The quantitative estimate of drug-likeness (QED) is 0.686. The van der Waals surface area contributed by atoms with Gasteiger partial charge in [0.1, 0.15) is 0 Å². The summed E-state index contributed by atoms with van der Waals surface area (Å²) in [7, 11) is 0. The van der Waals surface area contributed by atoms with E-state index in [-0.39, 0.29) is 0 Å². The van der Waals surface area contributed by atoms with Gasteiger partial charge in [0.15, 0.2) is 0 Å². The number of rotatable bonds is 8. The third kappa shape index (κ3) is 5.05. The number of hydrogen-bond donors (Lipinski definition) is 1. The Bertz CT molecular complexity index is 235. The third-order valence-electron chi connectivity index (χ3n) is 4.45. The molecule has 0 aromatic heterocycles. The highest BCUT2D eigenvalue weighted by Gasteiger charge is 2.36. The molecule has 0 saturated heterocycles. The van der Waals surface area contributed by atoms with Crippen LogP contribution in [0, 0.1) is 11.8 Å². The lowest BCUT2D eigenvalue weighted by molar-refractivity contribution is 0.0378. The summed E-state index contributed by atoms with van der Waals surface area (Å²) in [6.07, 6.45) is 2.67. The maximum absolute atomic E-state index is 5.55. The first kappa shape index (κ1) is 16.9. The molecule has 0 amide bonds. The van der Waals surface area contributed by atoms with Crippen LogP contribution in [0.5, 0.6) is 0 Å². The molecular weight excluding hydrogens is 236 g/mol. The molecule has 114 valence electrons. The number of nitrogens with zero attached hydrogens (tertiary/aromatic N) is 1. The summed E-state index contributed by atoms with van der Waals surface area (Å²) in [6, 6.07) is 1.31. The Morgan fingerprint density at radius 1 is 1.16 bits per heavy atom. The van der Waals surface area contributed by atoms with E-state index in [1.54, 1.807) is 0 Å². The largest absolute Gasteiger partial charge is 0.380 e. The molecular formula is C16H34N2O. The third-order valence-corrected chi connectivity index (χ3v) is 4.45. The van der Waals surface area contributed by atoms with Crippen molar-refractivity contribution >= 4 is 0 Å². The van der Waals surface area contributed by atoms with E-state index >= 15 is 0 Å². The van der Waals surface area contributed by atoms with Crippen LogP contribution in [0.3, 0.4) is 0 Å². The first-order valence-electron chi connectivity index (χ1n) is 8.19. The lowest BCUT2D eigenvalue weighted by Gasteiger charge is -2.46. The smallest absolute Gasteiger partial charge is 0.0593 e. The highest BCUT2D eigenvalue weighted by molar-refractivity contribution is 4.93. The van der Waals surface area contributed by atoms with Gasteiger partial charge in [-0.2, -0.15) is 0 Å². The van der Waals surface area contributed by atoms with Crippen molar-refractivity contribution < 1.29 is 4.74 Å². The van der Waals surface area contributed by atoms with Crippen molar-refractivity contribution in [1.29, 1.82) is 0 Å². The highest BCUT2D eigenvalue weighted by Crippen LogP contribution is 2.32.